The van der Waals surface area contributed by atoms with E-state index in [9.17, 15) is 14.0 Å². The van der Waals surface area contributed by atoms with Crippen LogP contribution in [0.25, 0.3) is 0 Å². The SMILES string of the molecule is O=C(Cn1cc(F)ccc1=O)OCCOc1ccccc1. The number of pyridine rings is 1. The Bertz CT molecular complexity index is 654. The highest BCUT2D eigenvalue weighted by molar-refractivity contribution is 5.69. The molecule has 0 N–H and O–H groups in total. The van der Waals surface area contributed by atoms with Crippen LogP contribution < -0.4 is 10.3 Å². The molecule has 0 radical (unpaired) electrons. The predicted octanol–water partition coefficient (Wildman–Crippen LogP) is 1.61. The minimum absolute atomic E-state index is 0.0534. The fourth-order valence-electron chi connectivity index (χ4n) is 1.64. The maximum atomic E-state index is 13.0. The van der Waals surface area contributed by atoms with Crippen LogP contribution in [0.5, 0.6) is 5.75 Å². The summed E-state index contributed by atoms with van der Waals surface area (Å²) >= 11 is 0. The van der Waals surface area contributed by atoms with Crippen LogP contribution in [0.3, 0.4) is 0 Å². The van der Waals surface area contributed by atoms with Crippen molar-refractivity contribution in [2.45, 2.75) is 6.54 Å². The number of carbonyl (C=O) groups is 1. The molecule has 0 bridgehead atoms. The van der Waals surface area contributed by atoms with Crippen molar-refractivity contribution < 1.29 is 18.7 Å². The quantitative estimate of drug-likeness (QED) is 0.599. The van der Waals surface area contributed by atoms with E-state index in [1.54, 1.807) is 12.1 Å². The largest absolute Gasteiger partial charge is 0.490 e. The first-order valence-electron chi connectivity index (χ1n) is 6.34. The number of esters is 1. The van der Waals surface area contributed by atoms with Crippen molar-refractivity contribution >= 4 is 5.97 Å². The number of rotatable bonds is 6. The molecule has 0 saturated heterocycles. The summed E-state index contributed by atoms with van der Waals surface area (Å²) in [5, 5.41) is 0. The van der Waals surface area contributed by atoms with E-state index < -0.39 is 17.3 Å². The average Bonchev–Trinajstić information content (AvgIpc) is 2.48. The number of benzene rings is 1. The fraction of sp³-hybridized carbons (Fsp3) is 0.200. The minimum atomic E-state index is -0.626. The van der Waals surface area contributed by atoms with Crippen LogP contribution in [-0.4, -0.2) is 23.8 Å². The molecule has 2 rings (SSSR count). The molecule has 1 aromatic carbocycles. The van der Waals surface area contributed by atoms with Crippen molar-refractivity contribution in [2.24, 2.45) is 0 Å². The average molecular weight is 291 g/mol. The molecule has 1 heterocycles. The Labute approximate surface area is 120 Å². The van der Waals surface area contributed by atoms with Crippen LogP contribution in [0, 0.1) is 5.82 Å². The molecule has 0 aliphatic carbocycles. The molecule has 0 fully saturated rings. The van der Waals surface area contributed by atoms with E-state index in [4.69, 9.17) is 9.47 Å². The Morgan fingerprint density at radius 2 is 1.86 bits per heavy atom. The van der Waals surface area contributed by atoms with Gasteiger partial charge >= 0.3 is 5.97 Å². The van der Waals surface area contributed by atoms with Crippen molar-refractivity contribution in [2.75, 3.05) is 13.2 Å². The molecule has 5 nitrogen and oxygen atoms in total. The van der Waals surface area contributed by atoms with Crippen molar-refractivity contribution in [3.8, 4) is 5.75 Å². The third-order valence-electron chi connectivity index (χ3n) is 2.61. The number of halogens is 1. The molecule has 2 aromatic rings. The maximum absolute atomic E-state index is 13.0. The van der Waals surface area contributed by atoms with E-state index in [2.05, 4.69) is 0 Å². The van der Waals surface area contributed by atoms with Gasteiger partial charge in [0, 0.05) is 12.3 Å². The van der Waals surface area contributed by atoms with E-state index in [-0.39, 0.29) is 19.8 Å². The monoisotopic (exact) mass is 291 g/mol. The second-order valence-corrected chi connectivity index (χ2v) is 4.20. The number of hydrogen-bond acceptors (Lipinski definition) is 4. The molecule has 21 heavy (non-hydrogen) atoms. The van der Waals surface area contributed by atoms with Gasteiger partial charge in [-0.3, -0.25) is 9.59 Å². The smallest absolute Gasteiger partial charge is 0.326 e. The van der Waals surface area contributed by atoms with Crippen molar-refractivity contribution in [3.63, 3.8) is 0 Å². The van der Waals surface area contributed by atoms with Gasteiger partial charge in [0.1, 0.15) is 31.3 Å². The van der Waals surface area contributed by atoms with Gasteiger partial charge in [0.2, 0.25) is 0 Å². The predicted molar refractivity (Wildman–Crippen MR) is 73.6 cm³/mol. The number of aromatic nitrogens is 1. The van der Waals surface area contributed by atoms with Crippen LogP contribution >= 0.6 is 0 Å². The summed E-state index contributed by atoms with van der Waals surface area (Å²) in [5.41, 5.74) is -0.464. The van der Waals surface area contributed by atoms with Crippen molar-refractivity contribution in [1.82, 2.24) is 4.57 Å². The van der Waals surface area contributed by atoms with E-state index in [0.717, 1.165) is 22.9 Å². The van der Waals surface area contributed by atoms with Gasteiger partial charge in [-0.15, -0.1) is 0 Å². The van der Waals surface area contributed by atoms with Crippen molar-refractivity contribution in [1.29, 1.82) is 0 Å². The molecule has 0 unspecified atom stereocenters. The van der Waals surface area contributed by atoms with Gasteiger partial charge in [0.15, 0.2) is 0 Å². The Morgan fingerprint density at radius 3 is 2.62 bits per heavy atom. The zero-order valence-corrected chi connectivity index (χ0v) is 11.2. The molecular weight excluding hydrogens is 277 g/mol. The van der Waals surface area contributed by atoms with Gasteiger partial charge in [-0.2, -0.15) is 0 Å². The summed E-state index contributed by atoms with van der Waals surface area (Å²) in [6, 6.07) is 11.2. The van der Waals surface area contributed by atoms with Gasteiger partial charge in [0.05, 0.1) is 0 Å². The summed E-state index contributed by atoms with van der Waals surface area (Å²) in [6.07, 6.45) is 0.962. The summed E-state index contributed by atoms with van der Waals surface area (Å²) in [5.74, 6) is -0.538. The zero-order chi connectivity index (χ0) is 15.1. The Balaban J connectivity index is 1.75. The van der Waals surface area contributed by atoms with Crippen LogP contribution in [-0.2, 0) is 16.1 Å². The van der Waals surface area contributed by atoms with Crippen LogP contribution in [0.1, 0.15) is 0 Å². The van der Waals surface area contributed by atoms with Crippen molar-refractivity contribution in [3.05, 3.63) is 64.8 Å². The van der Waals surface area contributed by atoms with Gasteiger partial charge in [-0.25, -0.2) is 4.39 Å². The van der Waals surface area contributed by atoms with E-state index in [0.29, 0.717) is 5.75 Å². The molecule has 0 aliphatic rings. The lowest BCUT2D eigenvalue weighted by molar-refractivity contribution is -0.145. The molecule has 0 atom stereocenters. The highest BCUT2D eigenvalue weighted by Gasteiger charge is 2.06. The Kier molecular flexibility index (Phi) is 5.09. The second kappa shape index (κ2) is 7.23. The Hall–Kier alpha value is -2.63. The third-order valence-corrected chi connectivity index (χ3v) is 2.61. The zero-order valence-electron chi connectivity index (χ0n) is 11.2. The highest BCUT2D eigenvalue weighted by Crippen LogP contribution is 2.07. The first-order valence-corrected chi connectivity index (χ1v) is 6.34. The van der Waals surface area contributed by atoms with E-state index in [1.165, 1.54) is 0 Å². The van der Waals surface area contributed by atoms with Crippen LogP contribution in [0.15, 0.2) is 53.5 Å². The molecular formula is C15H14FNO4. The molecule has 0 amide bonds. The second-order valence-electron chi connectivity index (χ2n) is 4.20. The summed E-state index contributed by atoms with van der Waals surface area (Å²) in [7, 11) is 0. The van der Waals surface area contributed by atoms with Gasteiger partial charge in [-0.1, -0.05) is 18.2 Å². The summed E-state index contributed by atoms with van der Waals surface area (Å²) in [4.78, 5) is 22.9. The molecule has 0 spiro atoms. The van der Waals surface area contributed by atoms with Gasteiger partial charge in [0.25, 0.3) is 5.56 Å². The maximum Gasteiger partial charge on any atom is 0.326 e. The molecule has 0 saturated carbocycles. The third kappa shape index (κ3) is 4.76. The molecule has 0 aliphatic heterocycles. The van der Waals surface area contributed by atoms with Gasteiger partial charge < -0.3 is 14.0 Å². The fourth-order valence-corrected chi connectivity index (χ4v) is 1.64. The van der Waals surface area contributed by atoms with E-state index in [1.807, 2.05) is 18.2 Å². The standard InChI is InChI=1S/C15H14FNO4/c16-12-6-7-14(18)17(10-12)11-15(19)21-9-8-20-13-4-2-1-3-5-13/h1-7,10H,8-9,11H2. The topological polar surface area (TPSA) is 57.5 Å². The summed E-state index contributed by atoms with van der Waals surface area (Å²) < 4.78 is 24.2. The first-order chi connectivity index (χ1) is 10.1. The van der Waals surface area contributed by atoms with Crippen LogP contribution in [0.2, 0.25) is 0 Å². The first kappa shape index (κ1) is 14.8. The lowest BCUT2D eigenvalue weighted by Crippen LogP contribution is -2.25. The molecule has 1 aromatic heterocycles. The normalized spacial score (nSPS) is 10.1. The molecule has 110 valence electrons. The number of hydrogen-bond donors (Lipinski definition) is 0. The van der Waals surface area contributed by atoms with E-state index >= 15 is 0 Å². The number of ether oxygens (including phenoxy) is 2. The summed E-state index contributed by atoms with van der Waals surface area (Å²) in [6.45, 7) is -0.0759. The number of nitrogens with zero attached hydrogens (tertiary/aromatic N) is 1. The highest BCUT2D eigenvalue weighted by atomic mass is 19.1. The number of para-hydroxylation sites is 1. The lowest BCUT2D eigenvalue weighted by Gasteiger charge is -2.08. The lowest BCUT2D eigenvalue weighted by atomic mass is 10.3. The van der Waals surface area contributed by atoms with Gasteiger partial charge in [-0.05, 0) is 18.2 Å². The molecule has 6 heteroatoms. The van der Waals surface area contributed by atoms with Crippen LogP contribution in [0.4, 0.5) is 4.39 Å². The Morgan fingerprint density at radius 1 is 1.10 bits per heavy atom. The number of carbonyl (C=O) groups excluding carboxylic acids is 1. The minimum Gasteiger partial charge on any atom is -0.490 e.